The molecule has 1 unspecified atom stereocenters. The van der Waals surface area contributed by atoms with E-state index in [2.05, 4.69) is 44.4 Å². The number of anilines is 1. The lowest BCUT2D eigenvalue weighted by Gasteiger charge is -2.25. The Bertz CT molecular complexity index is 1350. The monoisotopic (exact) mass is 523 g/mol. The summed E-state index contributed by atoms with van der Waals surface area (Å²) < 4.78 is 19.4. The number of nitrogens with zero attached hydrogens (tertiary/aromatic N) is 6. The molecule has 1 amide bonds. The molecule has 0 spiro atoms. The Morgan fingerprint density at radius 3 is 2.79 bits per heavy atom. The van der Waals surface area contributed by atoms with Crippen molar-refractivity contribution in [1.82, 2.24) is 19.5 Å². The van der Waals surface area contributed by atoms with E-state index < -0.39 is 16.3 Å². The molecular weight excluding hydrogens is 491 g/mol. The highest BCUT2D eigenvalue weighted by Crippen LogP contribution is 2.32. The highest BCUT2D eigenvalue weighted by atomic mass is 19.1. The number of nitrogens with one attached hydrogen (secondary N) is 1. The van der Waals surface area contributed by atoms with Gasteiger partial charge in [-0.15, -0.1) is 4.59 Å². The number of rotatable bonds is 13. The van der Waals surface area contributed by atoms with Crippen LogP contribution in [0, 0.1) is 5.82 Å². The van der Waals surface area contributed by atoms with Gasteiger partial charge in [-0.2, -0.15) is 0 Å². The molecule has 1 aliphatic heterocycles. The third-order valence-corrected chi connectivity index (χ3v) is 6.13. The van der Waals surface area contributed by atoms with E-state index in [1.165, 1.54) is 24.5 Å². The summed E-state index contributed by atoms with van der Waals surface area (Å²) in [6.45, 7) is 6.12. The fourth-order valence-corrected chi connectivity index (χ4v) is 4.25. The zero-order valence-electron chi connectivity index (χ0n) is 21.4. The number of aromatic nitrogens is 2. The predicted molar refractivity (Wildman–Crippen MR) is 142 cm³/mol. The summed E-state index contributed by atoms with van der Waals surface area (Å²) in [7, 11) is 0. The summed E-state index contributed by atoms with van der Waals surface area (Å²) in [5, 5.41) is 21.5. The Kier molecular flexibility index (Phi) is 8.56. The topological polar surface area (TPSA) is 138 Å². The Morgan fingerprint density at radius 1 is 1.21 bits per heavy atom. The lowest BCUT2D eigenvalue weighted by Crippen LogP contribution is -2.44. The van der Waals surface area contributed by atoms with Gasteiger partial charge in [0.05, 0.1) is 18.7 Å². The third kappa shape index (κ3) is 6.46. The molecule has 0 saturated heterocycles. The van der Waals surface area contributed by atoms with Crippen molar-refractivity contribution in [2.75, 3.05) is 38.2 Å². The van der Waals surface area contributed by atoms with Crippen LogP contribution in [-0.2, 0) is 4.79 Å². The maximum atomic E-state index is 13.9. The first-order valence-electron chi connectivity index (χ1n) is 12.4. The minimum Gasteiger partial charge on any atom is -0.493 e. The second kappa shape index (κ2) is 12.0. The minimum absolute atomic E-state index is 0.133. The molecule has 3 aromatic rings. The molecule has 0 bridgehead atoms. The number of aliphatic hydroxyl groups excluding tert-OH is 1. The number of halogens is 1. The number of aliphatic hydroxyl groups is 1. The number of quaternary nitrogens is 1. The number of hydrogen-bond donors (Lipinski definition) is 3. The number of ether oxygens (including phenoxy) is 1. The van der Waals surface area contributed by atoms with Crippen LogP contribution >= 0.6 is 0 Å². The lowest BCUT2D eigenvalue weighted by atomic mass is 10.2. The number of nitrogens with two attached hydrogens (primary N) is 1. The molecule has 1 aromatic heterocycles. The number of carbonyl (C=O) groups excluding carboxylic acids is 1. The number of carbonyl (C=O) groups is 1. The number of hydrogen-bond acceptors (Lipinski definition) is 9. The van der Waals surface area contributed by atoms with Crippen LogP contribution in [0.3, 0.4) is 0 Å². The molecule has 0 aliphatic carbocycles. The average molecular weight is 524 g/mol. The van der Waals surface area contributed by atoms with Crippen molar-refractivity contribution < 1.29 is 19.0 Å². The van der Waals surface area contributed by atoms with Gasteiger partial charge in [-0.3, -0.25) is 9.69 Å². The van der Waals surface area contributed by atoms with Crippen molar-refractivity contribution in [3.8, 4) is 5.75 Å². The molecule has 0 saturated carbocycles. The van der Waals surface area contributed by atoms with Gasteiger partial charge in [0.2, 0.25) is 5.82 Å². The Balaban J connectivity index is 1.48. The fourth-order valence-electron chi connectivity index (χ4n) is 4.25. The van der Waals surface area contributed by atoms with Gasteiger partial charge in [-0.25, -0.2) is 14.4 Å². The van der Waals surface area contributed by atoms with Crippen molar-refractivity contribution in [2.45, 2.75) is 26.3 Å². The van der Waals surface area contributed by atoms with Gasteiger partial charge in [-0.1, -0.05) is 11.2 Å². The Hall–Kier alpha value is -4.00. The van der Waals surface area contributed by atoms with Crippen LogP contribution in [0.25, 0.3) is 10.9 Å². The molecule has 38 heavy (non-hydrogen) atoms. The van der Waals surface area contributed by atoms with Crippen LogP contribution in [0.5, 0.6) is 5.75 Å². The van der Waals surface area contributed by atoms with Gasteiger partial charge in [0.15, 0.2) is 18.4 Å². The van der Waals surface area contributed by atoms with E-state index in [1.54, 1.807) is 12.3 Å². The molecule has 0 radical (unpaired) electrons. The Morgan fingerprint density at radius 2 is 2.05 bits per heavy atom. The van der Waals surface area contributed by atoms with E-state index in [1.807, 2.05) is 18.2 Å². The first kappa shape index (κ1) is 27.0. The summed E-state index contributed by atoms with van der Waals surface area (Å²) in [6.07, 6.45) is 3.83. The van der Waals surface area contributed by atoms with E-state index in [0.29, 0.717) is 47.8 Å². The zero-order chi connectivity index (χ0) is 27.1. The van der Waals surface area contributed by atoms with Gasteiger partial charge in [0.1, 0.15) is 23.7 Å². The van der Waals surface area contributed by atoms with E-state index in [4.69, 9.17) is 10.5 Å². The largest absolute Gasteiger partial charge is 0.493 e. The first-order chi connectivity index (χ1) is 18.3. The molecule has 4 rings (SSSR count). The van der Waals surface area contributed by atoms with E-state index in [9.17, 15) is 14.3 Å². The highest BCUT2D eigenvalue weighted by molar-refractivity contribution is 5.90. The minimum atomic E-state index is -0.615. The van der Waals surface area contributed by atoms with Crippen LogP contribution < -0.4 is 20.4 Å². The van der Waals surface area contributed by atoms with Gasteiger partial charge in [0.25, 0.3) is 5.91 Å². The van der Waals surface area contributed by atoms with Crippen LogP contribution in [0.4, 0.5) is 15.9 Å². The lowest BCUT2D eigenvalue weighted by molar-refractivity contribution is -0.118. The SMILES string of the molecule is CC(C)N(CCO)CCCOc1ccc2c(NC3=C[N+](CC(N)=O)(c4cccc(F)c4)N=N3)ncnc2c1. The maximum Gasteiger partial charge on any atom is 0.276 e. The average Bonchev–Trinajstić information content (AvgIpc) is 3.28. The van der Waals surface area contributed by atoms with Crippen LogP contribution in [0.1, 0.15) is 20.3 Å². The molecule has 11 nitrogen and oxygen atoms in total. The van der Waals surface area contributed by atoms with Crippen molar-refractivity contribution >= 4 is 28.3 Å². The summed E-state index contributed by atoms with van der Waals surface area (Å²) in [5.74, 6) is 0.422. The van der Waals surface area contributed by atoms with Gasteiger partial charge in [-0.05, 0) is 38.5 Å². The van der Waals surface area contributed by atoms with Crippen LogP contribution in [0.2, 0.25) is 0 Å². The fraction of sp³-hybridized carbons (Fsp3) is 0.346. The predicted octanol–water partition coefficient (Wildman–Crippen LogP) is 3.32. The van der Waals surface area contributed by atoms with Gasteiger partial charge >= 0.3 is 0 Å². The van der Waals surface area contributed by atoms with Gasteiger partial charge in [0, 0.05) is 47.9 Å². The molecule has 2 aromatic carbocycles. The van der Waals surface area contributed by atoms with E-state index >= 15 is 0 Å². The highest BCUT2D eigenvalue weighted by Gasteiger charge is 2.38. The van der Waals surface area contributed by atoms with Crippen LogP contribution in [0.15, 0.2) is 71.2 Å². The standard InChI is InChI=1S/C26H31FN8O3/c1-18(2)34(10-11-36)9-4-12-38-21-7-8-22-23(14-21)29-17-30-26(22)31-25-16-35(33-32-25,15-24(28)37)20-6-3-5-19(27)13-20/h3,5-8,13-14,16-18,36H,4,9-12,15H2,1-2H3,(H2-,28,29,30,31,37)/p+1. The summed E-state index contributed by atoms with van der Waals surface area (Å²) in [4.78, 5) is 22.7. The maximum absolute atomic E-state index is 13.9. The quantitative estimate of drug-likeness (QED) is 0.231. The van der Waals surface area contributed by atoms with E-state index in [-0.39, 0.29) is 13.2 Å². The molecule has 1 atom stereocenters. The third-order valence-electron chi connectivity index (χ3n) is 6.13. The van der Waals surface area contributed by atoms with Crippen molar-refractivity contribution in [2.24, 2.45) is 16.1 Å². The smallest absolute Gasteiger partial charge is 0.276 e. The normalized spacial score (nSPS) is 16.8. The number of primary amides is 1. The molecule has 200 valence electrons. The molecule has 2 heterocycles. The summed E-state index contributed by atoms with van der Waals surface area (Å²) in [5.41, 5.74) is 6.54. The molecule has 12 heteroatoms. The summed E-state index contributed by atoms with van der Waals surface area (Å²) in [6, 6.07) is 11.7. The van der Waals surface area contributed by atoms with Crippen molar-refractivity contribution in [1.29, 1.82) is 0 Å². The number of benzene rings is 2. The van der Waals surface area contributed by atoms with E-state index in [0.717, 1.165) is 18.4 Å². The van der Waals surface area contributed by atoms with Gasteiger partial charge < -0.3 is 20.9 Å². The van der Waals surface area contributed by atoms with Crippen LogP contribution in [-0.4, -0.2) is 64.8 Å². The number of amides is 1. The van der Waals surface area contributed by atoms with Crippen molar-refractivity contribution in [3.63, 3.8) is 0 Å². The first-order valence-corrected chi connectivity index (χ1v) is 12.4. The van der Waals surface area contributed by atoms with Crippen molar-refractivity contribution in [3.05, 3.63) is 66.6 Å². The molecule has 0 fully saturated rings. The molecule has 4 N–H and O–H groups in total. The second-order valence-corrected chi connectivity index (χ2v) is 9.22. The molecule has 1 aliphatic rings. The molecular formula is C26H32FN8O3+. The number of fused-ring (bicyclic) bond motifs is 1. The Labute approximate surface area is 220 Å². The zero-order valence-corrected chi connectivity index (χ0v) is 21.4. The second-order valence-electron chi connectivity index (χ2n) is 9.22. The summed E-state index contributed by atoms with van der Waals surface area (Å²) >= 11 is 0.